The fourth-order valence-corrected chi connectivity index (χ4v) is 2.11. The van der Waals surface area contributed by atoms with E-state index in [4.69, 9.17) is 21.1 Å². The van der Waals surface area contributed by atoms with E-state index >= 15 is 0 Å². The number of ether oxygens (including phenoxy) is 2. The number of methoxy groups -OCH3 is 1. The van der Waals surface area contributed by atoms with Crippen LogP contribution in [0.15, 0.2) is 30.5 Å². The number of hydrogen-bond donors (Lipinski definition) is 0. The van der Waals surface area contributed by atoms with Gasteiger partial charge in [-0.1, -0.05) is 11.6 Å². The summed E-state index contributed by atoms with van der Waals surface area (Å²) in [7, 11) is 1.57. The molecular formula is C14H16ClNO3. The smallest absolute Gasteiger partial charge is 0.328 e. The van der Waals surface area contributed by atoms with E-state index in [9.17, 15) is 4.79 Å². The summed E-state index contributed by atoms with van der Waals surface area (Å²) in [5.41, 5.74) is 0.959. The fourth-order valence-electron chi connectivity index (χ4n) is 1.93. The molecule has 1 heterocycles. The normalized spacial score (nSPS) is 12.6. The van der Waals surface area contributed by atoms with Crippen LogP contribution in [0.25, 0.3) is 10.9 Å². The lowest BCUT2D eigenvalue weighted by Gasteiger charge is -2.14. The Labute approximate surface area is 116 Å². The third kappa shape index (κ3) is 3.08. The number of carbonyl (C=O) groups excluding carboxylic acids is 1. The van der Waals surface area contributed by atoms with Gasteiger partial charge in [0.05, 0.1) is 6.61 Å². The van der Waals surface area contributed by atoms with Gasteiger partial charge in [-0.3, -0.25) is 0 Å². The highest BCUT2D eigenvalue weighted by Crippen LogP contribution is 2.23. The van der Waals surface area contributed by atoms with Crippen molar-refractivity contribution >= 4 is 28.5 Å². The minimum absolute atomic E-state index is 0.269. The number of hydrogen-bond acceptors (Lipinski definition) is 3. The molecule has 0 aliphatic carbocycles. The Kier molecular flexibility index (Phi) is 4.45. The Bertz CT molecular complexity index is 579. The van der Waals surface area contributed by atoms with Crippen LogP contribution in [0.4, 0.5) is 0 Å². The van der Waals surface area contributed by atoms with E-state index in [1.54, 1.807) is 7.11 Å². The zero-order valence-electron chi connectivity index (χ0n) is 10.9. The first kappa shape index (κ1) is 13.9. The van der Waals surface area contributed by atoms with Crippen molar-refractivity contribution in [2.24, 2.45) is 0 Å². The van der Waals surface area contributed by atoms with Gasteiger partial charge in [-0.15, -0.1) is 0 Å². The van der Waals surface area contributed by atoms with Crippen molar-refractivity contribution < 1.29 is 14.3 Å². The molecule has 0 spiro atoms. The van der Waals surface area contributed by atoms with E-state index in [0.717, 1.165) is 10.9 Å². The monoisotopic (exact) mass is 281 g/mol. The molecule has 0 bridgehead atoms. The Balaban J connectivity index is 2.17. The molecule has 1 aromatic heterocycles. The fraction of sp³-hybridized carbons (Fsp3) is 0.357. The zero-order valence-corrected chi connectivity index (χ0v) is 11.7. The Morgan fingerprint density at radius 1 is 1.37 bits per heavy atom. The van der Waals surface area contributed by atoms with Crippen molar-refractivity contribution in [2.75, 3.05) is 20.3 Å². The van der Waals surface area contributed by atoms with Gasteiger partial charge in [0.1, 0.15) is 12.6 Å². The third-order valence-electron chi connectivity index (χ3n) is 2.97. The SMILES string of the molecule is COCCOC(=O)C(C)n1ccc2cc(Cl)ccc21. The van der Waals surface area contributed by atoms with Gasteiger partial charge < -0.3 is 14.0 Å². The predicted molar refractivity (Wildman–Crippen MR) is 74.5 cm³/mol. The second-order valence-electron chi connectivity index (χ2n) is 4.26. The molecule has 0 aliphatic rings. The number of benzene rings is 1. The maximum Gasteiger partial charge on any atom is 0.328 e. The molecular weight excluding hydrogens is 266 g/mol. The lowest BCUT2D eigenvalue weighted by molar-refractivity contribution is -0.148. The van der Waals surface area contributed by atoms with E-state index in [1.165, 1.54) is 0 Å². The average molecular weight is 282 g/mol. The Morgan fingerprint density at radius 3 is 2.89 bits per heavy atom. The van der Waals surface area contributed by atoms with Crippen molar-refractivity contribution in [3.63, 3.8) is 0 Å². The van der Waals surface area contributed by atoms with Crippen LogP contribution in [-0.2, 0) is 14.3 Å². The van der Waals surface area contributed by atoms with Crippen LogP contribution in [0.3, 0.4) is 0 Å². The second kappa shape index (κ2) is 6.08. The topological polar surface area (TPSA) is 40.5 Å². The average Bonchev–Trinajstić information content (AvgIpc) is 2.80. The zero-order chi connectivity index (χ0) is 13.8. The van der Waals surface area contributed by atoms with Gasteiger partial charge in [0.25, 0.3) is 0 Å². The first-order valence-electron chi connectivity index (χ1n) is 6.05. The molecule has 102 valence electrons. The summed E-state index contributed by atoms with van der Waals surface area (Å²) in [4.78, 5) is 11.9. The van der Waals surface area contributed by atoms with Crippen LogP contribution in [-0.4, -0.2) is 30.9 Å². The molecule has 0 radical (unpaired) electrons. The second-order valence-corrected chi connectivity index (χ2v) is 4.70. The molecule has 5 heteroatoms. The summed E-state index contributed by atoms with van der Waals surface area (Å²) in [6.07, 6.45) is 1.86. The standard InChI is InChI=1S/C14H16ClNO3/c1-10(14(17)19-8-7-18-2)16-6-5-11-9-12(15)3-4-13(11)16/h3-6,9-10H,7-8H2,1-2H3. The molecule has 0 fully saturated rings. The molecule has 0 aliphatic heterocycles. The summed E-state index contributed by atoms with van der Waals surface area (Å²) >= 11 is 5.94. The third-order valence-corrected chi connectivity index (χ3v) is 3.21. The molecule has 2 aromatic rings. The summed E-state index contributed by atoms with van der Waals surface area (Å²) in [6.45, 7) is 2.48. The van der Waals surface area contributed by atoms with Gasteiger partial charge in [0.2, 0.25) is 0 Å². The lowest BCUT2D eigenvalue weighted by atomic mass is 10.2. The number of esters is 1. The number of fused-ring (bicyclic) bond motifs is 1. The largest absolute Gasteiger partial charge is 0.462 e. The maximum absolute atomic E-state index is 11.9. The summed E-state index contributed by atoms with van der Waals surface area (Å²) in [5.74, 6) is -0.274. The molecule has 1 atom stereocenters. The van der Waals surface area contributed by atoms with Crippen molar-refractivity contribution in [1.82, 2.24) is 4.57 Å². The maximum atomic E-state index is 11.9. The van der Waals surface area contributed by atoms with Crippen LogP contribution in [0.1, 0.15) is 13.0 Å². The quantitative estimate of drug-likeness (QED) is 0.625. The van der Waals surface area contributed by atoms with Gasteiger partial charge >= 0.3 is 5.97 Å². The highest BCUT2D eigenvalue weighted by molar-refractivity contribution is 6.31. The predicted octanol–water partition coefficient (Wildman–Crippen LogP) is 3.05. The highest BCUT2D eigenvalue weighted by Gasteiger charge is 2.17. The summed E-state index contributed by atoms with van der Waals surface area (Å²) in [6, 6.07) is 7.13. The van der Waals surface area contributed by atoms with Gasteiger partial charge in [-0.05, 0) is 31.2 Å². The van der Waals surface area contributed by atoms with Gasteiger partial charge in [-0.25, -0.2) is 4.79 Å². The van der Waals surface area contributed by atoms with E-state index in [1.807, 2.05) is 42.0 Å². The first-order valence-corrected chi connectivity index (χ1v) is 6.43. The van der Waals surface area contributed by atoms with Gasteiger partial charge in [-0.2, -0.15) is 0 Å². The van der Waals surface area contributed by atoms with E-state index in [-0.39, 0.29) is 18.6 Å². The number of rotatable bonds is 5. The number of halogens is 1. The highest BCUT2D eigenvalue weighted by atomic mass is 35.5. The summed E-state index contributed by atoms with van der Waals surface area (Å²) < 4.78 is 11.9. The molecule has 19 heavy (non-hydrogen) atoms. The van der Waals surface area contributed by atoms with Crippen molar-refractivity contribution in [3.05, 3.63) is 35.5 Å². The van der Waals surface area contributed by atoms with Crippen LogP contribution >= 0.6 is 11.6 Å². The van der Waals surface area contributed by atoms with Crippen LogP contribution < -0.4 is 0 Å². The number of aromatic nitrogens is 1. The van der Waals surface area contributed by atoms with Crippen molar-refractivity contribution in [3.8, 4) is 0 Å². The first-order chi connectivity index (χ1) is 9.13. The van der Waals surface area contributed by atoms with Crippen molar-refractivity contribution in [1.29, 1.82) is 0 Å². The van der Waals surface area contributed by atoms with Crippen molar-refractivity contribution in [2.45, 2.75) is 13.0 Å². The van der Waals surface area contributed by atoms with E-state index < -0.39 is 0 Å². The van der Waals surface area contributed by atoms with Gasteiger partial charge in [0, 0.05) is 29.2 Å². The molecule has 0 N–H and O–H groups in total. The molecule has 0 amide bonds. The molecule has 4 nitrogen and oxygen atoms in total. The molecule has 2 rings (SSSR count). The summed E-state index contributed by atoms with van der Waals surface area (Å²) in [5, 5.41) is 1.68. The van der Waals surface area contributed by atoms with Crippen LogP contribution in [0.2, 0.25) is 5.02 Å². The number of nitrogens with zero attached hydrogens (tertiary/aromatic N) is 1. The van der Waals surface area contributed by atoms with Crippen LogP contribution in [0.5, 0.6) is 0 Å². The molecule has 1 aromatic carbocycles. The van der Waals surface area contributed by atoms with E-state index in [0.29, 0.717) is 11.6 Å². The number of carbonyl (C=O) groups is 1. The van der Waals surface area contributed by atoms with Crippen LogP contribution in [0, 0.1) is 0 Å². The molecule has 0 saturated carbocycles. The van der Waals surface area contributed by atoms with Gasteiger partial charge in [0.15, 0.2) is 0 Å². The minimum Gasteiger partial charge on any atom is -0.462 e. The lowest BCUT2D eigenvalue weighted by Crippen LogP contribution is -2.20. The Hall–Kier alpha value is -1.52. The Morgan fingerprint density at radius 2 is 2.16 bits per heavy atom. The minimum atomic E-state index is -0.379. The molecule has 1 unspecified atom stereocenters. The van der Waals surface area contributed by atoms with E-state index in [2.05, 4.69) is 0 Å². The molecule has 0 saturated heterocycles.